The van der Waals surface area contributed by atoms with E-state index in [-0.39, 0.29) is 11.9 Å². The van der Waals surface area contributed by atoms with Crippen LogP contribution >= 0.6 is 0 Å². The maximum absolute atomic E-state index is 13.6. The monoisotopic (exact) mass is 456 g/mol. The van der Waals surface area contributed by atoms with E-state index in [1.807, 2.05) is 30.3 Å². The summed E-state index contributed by atoms with van der Waals surface area (Å²) in [6.07, 6.45) is 3.72. The summed E-state index contributed by atoms with van der Waals surface area (Å²) in [7, 11) is 1.73. The highest BCUT2D eigenvalue weighted by atomic mass is 16.5. The molecule has 0 radical (unpaired) electrons. The number of amides is 1. The van der Waals surface area contributed by atoms with E-state index in [1.54, 1.807) is 7.11 Å². The number of nitrogens with one attached hydrogen (secondary N) is 1. The fourth-order valence-electron chi connectivity index (χ4n) is 5.17. The Balaban J connectivity index is 1.45. The van der Waals surface area contributed by atoms with E-state index in [0.29, 0.717) is 6.04 Å². The molecule has 1 fully saturated rings. The molecular formula is C30H36N2O2. The zero-order chi connectivity index (χ0) is 23.9. The minimum Gasteiger partial charge on any atom is -0.496 e. The lowest BCUT2D eigenvalue weighted by Gasteiger charge is -2.40. The Bertz CT molecular complexity index is 1080. The van der Waals surface area contributed by atoms with E-state index >= 15 is 0 Å². The first-order valence-corrected chi connectivity index (χ1v) is 12.3. The van der Waals surface area contributed by atoms with Gasteiger partial charge in [0.2, 0.25) is 0 Å². The molecule has 2 atom stereocenters. The van der Waals surface area contributed by atoms with Gasteiger partial charge >= 0.3 is 0 Å². The van der Waals surface area contributed by atoms with Crippen molar-refractivity contribution in [3.05, 3.63) is 101 Å². The molecule has 0 aliphatic carbocycles. The third-order valence-electron chi connectivity index (χ3n) is 6.78. The van der Waals surface area contributed by atoms with Gasteiger partial charge in [-0.05, 0) is 75.4 Å². The van der Waals surface area contributed by atoms with Gasteiger partial charge in [0.05, 0.1) is 7.11 Å². The molecule has 0 spiro atoms. The summed E-state index contributed by atoms with van der Waals surface area (Å²) in [6.45, 7) is 5.79. The van der Waals surface area contributed by atoms with Crippen LogP contribution in [0.1, 0.15) is 45.5 Å². The molecule has 4 nitrogen and oxygen atoms in total. The van der Waals surface area contributed by atoms with E-state index in [9.17, 15) is 4.79 Å². The van der Waals surface area contributed by atoms with Crippen LogP contribution in [0.2, 0.25) is 0 Å². The van der Waals surface area contributed by atoms with Crippen molar-refractivity contribution in [2.24, 2.45) is 0 Å². The number of para-hydroxylation sites is 1. The van der Waals surface area contributed by atoms with Crippen LogP contribution < -0.4 is 10.1 Å². The topological polar surface area (TPSA) is 41.6 Å². The SMILES string of the molecule is COc1ccccc1CCN[C@H]1CCN(C(=O)c2cc(C)cc(C)c2)[C@@H](Cc2ccccc2)C1. The van der Waals surface area contributed by atoms with E-state index < -0.39 is 0 Å². The van der Waals surface area contributed by atoms with Gasteiger partial charge in [0.25, 0.3) is 5.91 Å². The smallest absolute Gasteiger partial charge is 0.254 e. The molecule has 34 heavy (non-hydrogen) atoms. The van der Waals surface area contributed by atoms with E-state index in [2.05, 4.69) is 66.5 Å². The Morgan fingerprint density at radius 3 is 2.44 bits per heavy atom. The van der Waals surface area contributed by atoms with Crippen molar-refractivity contribution in [3.8, 4) is 5.75 Å². The molecule has 1 heterocycles. The molecule has 1 amide bonds. The van der Waals surface area contributed by atoms with Gasteiger partial charge in [-0.15, -0.1) is 0 Å². The molecule has 0 saturated carbocycles. The summed E-state index contributed by atoms with van der Waals surface area (Å²) < 4.78 is 5.50. The molecule has 3 aromatic rings. The van der Waals surface area contributed by atoms with Crippen LogP contribution in [0.5, 0.6) is 5.75 Å². The number of aryl methyl sites for hydroxylation is 2. The predicted octanol–water partition coefficient (Wildman–Crippen LogP) is 5.36. The first-order chi connectivity index (χ1) is 16.5. The molecule has 1 saturated heterocycles. The largest absolute Gasteiger partial charge is 0.496 e. The number of carbonyl (C=O) groups is 1. The van der Waals surface area contributed by atoms with Gasteiger partial charge in [0, 0.05) is 24.2 Å². The highest BCUT2D eigenvalue weighted by Gasteiger charge is 2.32. The van der Waals surface area contributed by atoms with Gasteiger partial charge in [0.1, 0.15) is 5.75 Å². The molecule has 3 aromatic carbocycles. The summed E-state index contributed by atoms with van der Waals surface area (Å²) >= 11 is 0. The molecule has 1 aliphatic heterocycles. The van der Waals surface area contributed by atoms with Crippen molar-refractivity contribution in [2.75, 3.05) is 20.2 Å². The number of piperidine rings is 1. The molecule has 4 heteroatoms. The second-order valence-electron chi connectivity index (χ2n) is 9.46. The normalized spacial score (nSPS) is 18.0. The lowest BCUT2D eigenvalue weighted by molar-refractivity contribution is 0.0577. The summed E-state index contributed by atoms with van der Waals surface area (Å²) in [6, 6.07) is 25.5. The van der Waals surface area contributed by atoms with Crippen LogP contribution in [0.4, 0.5) is 0 Å². The molecule has 4 rings (SSSR count). The van der Waals surface area contributed by atoms with Crippen LogP contribution in [0.3, 0.4) is 0 Å². The number of hydrogen-bond donors (Lipinski definition) is 1. The number of likely N-dealkylation sites (tertiary alicyclic amines) is 1. The maximum atomic E-state index is 13.6. The summed E-state index contributed by atoms with van der Waals surface area (Å²) in [5.41, 5.74) is 5.58. The van der Waals surface area contributed by atoms with Crippen molar-refractivity contribution in [2.45, 2.75) is 51.6 Å². The third kappa shape index (κ3) is 6.06. The van der Waals surface area contributed by atoms with E-state index in [0.717, 1.165) is 61.2 Å². The number of benzene rings is 3. The Kier molecular flexibility index (Phi) is 8.02. The zero-order valence-corrected chi connectivity index (χ0v) is 20.6. The standard InChI is InChI=1S/C30H36N2O2/c1-22-17-23(2)19-26(18-22)30(33)32-16-14-27(21-28(32)20-24-9-5-4-6-10-24)31-15-13-25-11-7-8-12-29(25)34-3/h4-12,17-19,27-28,31H,13-16,20-21H2,1-3H3/t27-,28-/m0/s1. The van der Waals surface area contributed by atoms with Gasteiger partial charge in [-0.1, -0.05) is 65.7 Å². The second-order valence-corrected chi connectivity index (χ2v) is 9.46. The fourth-order valence-corrected chi connectivity index (χ4v) is 5.17. The van der Waals surface area contributed by atoms with Crippen LogP contribution in [-0.2, 0) is 12.8 Å². The summed E-state index contributed by atoms with van der Waals surface area (Å²) in [4.78, 5) is 15.7. The Morgan fingerprint density at radius 1 is 1.00 bits per heavy atom. The van der Waals surface area contributed by atoms with Crippen molar-refractivity contribution >= 4 is 5.91 Å². The summed E-state index contributed by atoms with van der Waals surface area (Å²) in [5, 5.41) is 3.76. The lowest BCUT2D eigenvalue weighted by Crippen LogP contribution is -2.52. The number of hydrogen-bond acceptors (Lipinski definition) is 3. The van der Waals surface area contributed by atoms with Crippen LogP contribution in [0.25, 0.3) is 0 Å². The average Bonchev–Trinajstić information content (AvgIpc) is 2.84. The zero-order valence-electron chi connectivity index (χ0n) is 20.6. The van der Waals surface area contributed by atoms with Crippen LogP contribution in [0.15, 0.2) is 72.8 Å². The predicted molar refractivity (Wildman–Crippen MR) is 139 cm³/mol. The molecule has 0 bridgehead atoms. The fraction of sp³-hybridized carbons (Fsp3) is 0.367. The first kappa shape index (κ1) is 24.0. The van der Waals surface area contributed by atoms with Gasteiger partial charge < -0.3 is 15.0 Å². The molecule has 178 valence electrons. The second kappa shape index (κ2) is 11.3. The Labute approximate surface area is 204 Å². The minimum absolute atomic E-state index is 0.153. The molecule has 1 aliphatic rings. The van der Waals surface area contributed by atoms with Gasteiger partial charge in [-0.25, -0.2) is 0 Å². The minimum atomic E-state index is 0.153. The third-order valence-corrected chi connectivity index (χ3v) is 6.78. The van der Waals surface area contributed by atoms with Gasteiger partial charge in [-0.2, -0.15) is 0 Å². The van der Waals surface area contributed by atoms with Crippen molar-refractivity contribution in [1.29, 1.82) is 0 Å². The van der Waals surface area contributed by atoms with Crippen LogP contribution in [-0.4, -0.2) is 43.1 Å². The lowest BCUT2D eigenvalue weighted by atomic mass is 9.91. The maximum Gasteiger partial charge on any atom is 0.254 e. The Hall–Kier alpha value is -3.11. The number of nitrogens with zero attached hydrogens (tertiary/aromatic N) is 1. The highest BCUT2D eigenvalue weighted by Crippen LogP contribution is 2.25. The van der Waals surface area contributed by atoms with Crippen molar-refractivity contribution < 1.29 is 9.53 Å². The van der Waals surface area contributed by atoms with Gasteiger partial charge in [-0.3, -0.25) is 4.79 Å². The number of ether oxygens (including phenoxy) is 1. The quantitative estimate of drug-likeness (QED) is 0.496. The summed E-state index contributed by atoms with van der Waals surface area (Å²) in [5.74, 6) is 1.10. The Morgan fingerprint density at radius 2 is 1.71 bits per heavy atom. The highest BCUT2D eigenvalue weighted by molar-refractivity contribution is 5.95. The van der Waals surface area contributed by atoms with Crippen molar-refractivity contribution in [1.82, 2.24) is 10.2 Å². The first-order valence-electron chi connectivity index (χ1n) is 12.3. The van der Waals surface area contributed by atoms with Crippen molar-refractivity contribution in [3.63, 3.8) is 0 Å². The van der Waals surface area contributed by atoms with E-state index in [4.69, 9.17) is 4.74 Å². The molecule has 0 unspecified atom stereocenters. The van der Waals surface area contributed by atoms with E-state index in [1.165, 1.54) is 11.1 Å². The molecular weight excluding hydrogens is 420 g/mol. The number of carbonyl (C=O) groups excluding carboxylic acids is 1. The average molecular weight is 457 g/mol. The number of rotatable bonds is 8. The van der Waals surface area contributed by atoms with Crippen LogP contribution in [0, 0.1) is 13.8 Å². The molecule has 1 N–H and O–H groups in total. The molecule has 0 aromatic heterocycles. The number of methoxy groups -OCH3 is 1. The van der Waals surface area contributed by atoms with Gasteiger partial charge in [0.15, 0.2) is 0 Å².